The summed E-state index contributed by atoms with van der Waals surface area (Å²) >= 11 is 0. The van der Waals surface area contributed by atoms with E-state index in [1.54, 1.807) is 4.31 Å². The van der Waals surface area contributed by atoms with Crippen LogP contribution in [0, 0.1) is 0 Å². The predicted octanol–water partition coefficient (Wildman–Crippen LogP) is 1.25. The summed E-state index contributed by atoms with van der Waals surface area (Å²) in [7, 11) is -1.20. The second-order valence-electron chi connectivity index (χ2n) is 6.77. The van der Waals surface area contributed by atoms with Gasteiger partial charge in [0.2, 0.25) is 10.0 Å². The molecule has 1 N–H and O–H groups in total. The Hall–Kier alpha value is -0.910. The monoisotopic (exact) mass is 323 g/mol. The highest BCUT2D eigenvalue weighted by Crippen LogP contribution is 2.33. The number of piperazine rings is 1. The first-order valence-electron chi connectivity index (χ1n) is 8.49. The van der Waals surface area contributed by atoms with Crippen LogP contribution in [-0.2, 0) is 10.0 Å². The Morgan fingerprint density at radius 1 is 1.00 bits per heavy atom. The van der Waals surface area contributed by atoms with Gasteiger partial charge in [0.25, 0.3) is 0 Å². The summed E-state index contributed by atoms with van der Waals surface area (Å²) < 4.78 is 27.0. The fraction of sp³-hybridized carbons (Fsp3) is 0.647. The largest absolute Gasteiger partial charge is 0.335 e. The van der Waals surface area contributed by atoms with Gasteiger partial charge in [0.15, 0.2) is 0 Å². The van der Waals surface area contributed by atoms with Gasteiger partial charge in [0, 0.05) is 0 Å². The van der Waals surface area contributed by atoms with Gasteiger partial charge in [-0.15, -0.1) is 0 Å². The van der Waals surface area contributed by atoms with E-state index in [0.717, 1.165) is 13.1 Å². The molecule has 0 unspecified atom stereocenters. The van der Waals surface area contributed by atoms with Crippen LogP contribution < -0.4 is 4.90 Å². The minimum atomic E-state index is -3.31. The maximum atomic E-state index is 12.7. The summed E-state index contributed by atoms with van der Waals surface area (Å²) in [6.45, 7) is 3.02. The van der Waals surface area contributed by atoms with Crippen LogP contribution >= 0.6 is 0 Å². The molecule has 0 bridgehead atoms. The molecule has 1 aliphatic carbocycles. The van der Waals surface area contributed by atoms with Crippen LogP contribution in [0.25, 0.3) is 0 Å². The van der Waals surface area contributed by atoms with Gasteiger partial charge in [-0.05, 0) is 36.5 Å². The van der Waals surface area contributed by atoms with Crippen LogP contribution in [0.3, 0.4) is 0 Å². The molecule has 0 aromatic heterocycles. The van der Waals surface area contributed by atoms with Crippen LogP contribution in [0.2, 0.25) is 0 Å². The summed E-state index contributed by atoms with van der Waals surface area (Å²) in [5, 5.41) is 0. The zero-order chi connectivity index (χ0) is 15.6. The average molecular weight is 323 g/mol. The Bertz CT molecular complexity index is 584. The minimum Gasteiger partial charge on any atom is -0.335 e. The topological polar surface area (TPSA) is 41.8 Å². The third kappa shape index (κ3) is 3.36. The minimum absolute atomic E-state index is 0.451. The summed E-state index contributed by atoms with van der Waals surface area (Å²) in [4.78, 5) is 1.85. The normalized spacial score (nSPS) is 22.8. The number of nitrogens with one attached hydrogen (secondary N) is 1. The molecule has 22 heavy (non-hydrogen) atoms. The molecule has 122 valence electrons. The lowest BCUT2D eigenvalue weighted by atomic mass is 9.84. The van der Waals surface area contributed by atoms with E-state index in [1.807, 2.05) is 24.3 Å². The molecule has 0 amide bonds. The molecule has 4 nitrogen and oxygen atoms in total. The number of nitrogens with zero attached hydrogens (tertiary/aromatic N) is 1. The highest BCUT2D eigenvalue weighted by Gasteiger charge is 2.29. The molecular formula is C17H27N2O2S+. The quantitative estimate of drug-likeness (QED) is 0.910. The van der Waals surface area contributed by atoms with Crippen molar-refractivity contribution in [2.24, 2.45) is 0 Å². The molecule has 2 aliphatic rings. The van der Waals surface area contributed by atoms with Crippen LogP contribution in [0.5, 0.6) is 0 Å². The molecule has 0 radical (unpaired) electrons. The fourth-order valence-electron chi connectivity index (χ4n) is 3.61. The lowest BCUT2D eigenvalue weighted by Crippen LogP contribution is -3.12. The van der Waals surface area contributed by atoms with Crippen molar-refractivity contribution in [2.45, 2.75) is 42.9 Å². The smallest absolute Gasteiger partial charge is 0.243 e. The second-order valence-corrected chi connectivity index (χ2v) is 8.70. The first kappa shape index (κ1) is 16.0. The Kier molecular flexibility index (Phi) is 4.85. The van der Waals surface area contributed by atoms with Gasteiger partial charge in [0.05, 0.1) is 38.1 Å². The zero-order valence-corrected chi connectivity index (χ0v) is 14.2. The standard InChI is InChI=1S/C17H26N2O2S/c1-18-11-13-19(14-12-18)22(20,21)17-9-7-16(8-10-17)15-5-3-2-4-6-15/h7-10,15H,2-6,11-14H2,1H3/p+1. The maximum absolute atomic E-state index is 12.7. The van der Waals surface area contributed by atoms with Crippen molar-refractivity contribution in [1.29, 1.82) is 0 Å². The number of sulfonamides is 1. The summed E-state index contributed by atoms with van der Waals surface area (Å²) in [6.07, 6.45) is 6.43. The third-order valence-electron chi connectivity index (χ3n) is 5.17. The van der Waals surface area contributed by atoms with Crippen molar-refractivity contribution in [3.63, 3.8) is 0 Å². The highest BCUT2D eigenvalue weighted by atomic mass is 32.2. The molecule has 1 saturated carbocycles. The van der Waals surface area contributed by atoms with E-state index in [4.69, 9.17) is 0 Å². The SMILES string of the molecule is C[NH+]1CCN(S(=O)(=O)c2ccc(C3CCCCC3)cc2)CC1. The maximum Gasteiger partial charge on any atom is 0.243 e. The van der Waals surface area contributed by atoms with Crippen molar-refractivity contribution in [2.75, 3.05) is 33.2 Å². The van der Waals surface area contributed by atoms with E-state index in [2.05, 4.69) is 7.05 Å². The summed E-state index contributed by atoms with van der Waals surface area (Å²) in [6, 6.07) is 7.68. The van der Waals surface area contributed by atoms with E-state index in [9.17, 15) is 8.42 Å². The van der Waals surface area contributed by atoms with Gasteiger partial charge >= 0.3 is 0 Å². The van der Waals surface area contributed by atoms with E-state index in [-0.39, 0.29) is 0 Å². The molecule has 1 aliphatic heterocycles. The second kappa shape index (κ2) is 6.69. The molecule has 1 heterocycles. The summed E-state index contributed by atoms with van der Waals surface area (Å²) in [5.74, 6) is 0.623. The van der Waals surface area contributed by atoms with Crippen molar-refractivity contribution < 1.29 is 13.3 Å². The van der Waals surface area contributed by atoms with E-state index in [0.29, 0.717) is 23.9 Å². The molecule has 0 atom stereocenters. The molecule has 3 rings (SSSR count). The van der Waals surface area contributed by atoms with Crippen LogP contribution in [0.4, 0.5) is 0 Å². The van der Waals surface area contributed by atoms with Gasteiger partial charge < -0.3 is 4.90 Å². The number of benzene rings is 1. The summed E-state index contributed by atoms with van der Waals surface area (Å²) in [5.41, 5.74) is 1.31. The Labute approximate surface area is 134 Å². The number of rotatable bonds is 3. The van der Waals surface area contributed by atoms with Crippen LogP contribution in [0.15, 0.2) is 29.2 Å². The first-order valence-corrected chi connectivity index (χ1v) is 9.93. The van der Waals surface area contributed by atoms with E-state index >= 15 is 0 Å². The lowest BCUT2D eigenvalue weighted by molar-refractivity contribution is -0.883. The predicted molar refractivity (Wildman–Crippen MR) is 87.6 cm³/mol. The lowest BCUT2D eigenvalue weighted by Gasteiger charge is -2.29. The van der Waals surface area contributed by atoms with Gasteiger partial charge in [0.1, 0.15) is 0 Å². The van der Waals surface area contributed by atoms with Crippen molar-refractivity contribution in [3.05, 3.63) is 29.8 Å². The Balaban J connectivity index is 1.74. The van der Waals surface area contributed by atoms with Crippen molar-refractivity contribution in [1.82, 2.24) is 4.31 Å². The van der Waals surface area contributed by atoms with Gasteiger partial charge in [-0.2, -0.15) is 4.31 Å². The number of hydrogen-bond acceptors (Lipinski definition) is 2. The third-order valence-corrected chi connectivity index (χ3v) is 7.08. The number of hydrogen-bond donors (Lipinski definition) is 1. The van der Waals surface area contributed by atoms with E-state index < -0.39 is 10.0 Å². The molecule has 2 fully saturated rings. The van der Waals surface area contributed by atoms with Crippen molar-refractivity contribution in [3.8, 4) is 0 Å². The zero-order valence-electron chi connectivity index (χ0n) is 13.4. The fourth-order valence-corrected chi connectivity index (χ4v) is 5.05. The molecular weight excluding hydrogens is 296 g/mol. The van der Waals surface area contributed by atoms with Gasteiger partial charge in [-0.1, -0.05) is 31.4 Å². The molecule has 5 heteroatoms. The highest BCUT2D eigenvalue weighted by molar-refractivity contribution is 7.89. The van der Waals surface area contributed by atoms with E-state index in [1.165, 1.54) is 42.6 Å². The molecule has 1 aromatic rings. The van der Waals surface area contributed by atoms with Crippen LogP contribution in [-0.4, -0.2) is 45.9 Å². The van der Waals surface area contributed by atoms with Gasteiger partial charge in [-0.25, -0.2) is 8.42 Å². The first-order chi connectivity index (χ1) is 10.6. The van der Waals surface area contributed by atoms with Gasteiger partial charge in [-0.3, -0.25) is 0 Å². The molecule has 0 spiro atoms. The molecule has 1 saturated heterocycles. The Morgan fingerprint density at radius 3 is 2.18 bits per heavy atom. The molecule has 1 aromatic carbocycles. The average Bonchev–Trinajstić information content (AvgIpc) is 2.56. The Morgan fingerprint density at radius 2 is 1.59 bits per heavy atom. The number of quaternary nitrogens is 1. The van der Waals surface area contributed by atoms with Crippen LogP contribution in [0.1, 0.15) is 43.6 Å². The number of likely N-dealkylation sites (N-methyl/N-ethyl adjacent to an activating group) is 1. The van der Waals surface area contributed by atoms with Crippen molar-refractivity contribution >= 4 is 10.0 Å².